The molecule has 5 nitrogen and oxygen atoms in total. The van der Waals surface area contributed by atoms with Gasteiger partial charge < -0.3 is 10.2 Å². The molecule has 2 amide bonds. The summed E-state index contributed by atoms with van der Waals surface area (Å²) in [5.74, 6) is 0.371. The number of carbonyl (C=O) groups excluding carboxylic acids is 2. The summed E-state index contributed by atoms with van der Waals surface area (Å²) in [5, 5.41) is 2.91. The van der Waals surface area contributed by atoms with Gasteiger partial charge in [-0.3, -0.25) is 14.6 Å². The van der Waals surface area contributed by atoms with Crippen LogP contribution in [0, 0.1) is 5.92 Å². The number of hydrogen-bond donors (Lipinski definition) is 1. The van der Waals surface area contributed by atoms with E-state index in [2.05, 4.69) is 10.3 Å². The van der Waals surface area contributed by atoms with Crippen LogP contribution in [-0.4, -0.2) is 40.8 Å². The van der Waals surface area contributed by atoms with Gasteiger partial charge in [-0.05, 0) is 25.0 Å². The van der Waals surface area contributed by atoms with Gasteiger partial charge in [0, 0.05) is 43.9 Å². The first-order valence-corrected chi connectivity index (χ1v) is 7.72. The number of nitrogens with one attached hydrogen (secondary N) is 1. The summed E-state index contributed by atoms with van der Waals surface area (Å²) >= 11 is 0. The molecule has 0 radical (unpaired) electrons. The van der Waals surface area contributed by atoms with Crippen LogP contribution in [-0.2, 0) is 4.79 Å². The molecule has 1 atom stereocenters. The summed E-state index contributed by atoms with van der Waals surface area (Å²) in [6.45, 7) is 1.35. The van der Waals surface area contributed by atoms with Gasteiger partial charge in [0.2, 0.25) is 5.91 Å². The van der Waals surface area contributed by atoms with Gasteiger partial charge in [-0.2, -0.15) is 0 Å². The van der Waals surface area contributed by atoms with Crippen LogP contribution in [0.3, 0.4) is 0 Å². The molecule has 2 heterocycles. The fourth-order valence-corrected chi connectivity index (χ4v) is 3.35. The lowest BCUT2D eigenvalue weighted by molar-refractivity contribution is -0.129. The van der Waals surface area contributed by atoms with Gasteiger partial charge in [0.05, 0.1) is 5.56 Å². The van der Waals surface area contributed by atoms with Crippen LogP contribution >= 0.6 is 0 Å². The third kappa shape index (κ3) is 3.23. The van der Waals surface area contributed by atoms with Gasteiger partial charge >= 0.3 is 0 Å². The Balaban J connectivity index is 1.50. The summed E-state index contributed by atoms with van der Waals surface area (Å²) in [6.07, 6.45) is 8.50. The van der Waals surface area contributed by atoms with Gasteiger partial charge in [-0.1, -0.05) is 12.8 Å². The lowest BCUT2D eigenvalue weighted by Crippen LogP contribution is -2.36. The lowest BCUT2D eigenvalue weighted by Gasteiger charge is -2.24. The van der Waals surface area contributed by atoms with E-state index in [1.54, 1.807) is 24.5 Å². The number of pyridine rings is 1. The fourth-order valence-electron chi connectivity index (χ4n) is 3.35. The molecule has 1 aromatic rings. The van der Waals surface area contributed by atoms with Crippen molar-refractivity contribution in [1.82, 2.24) is 15.2 Å². The average Bonchev–Trinajstić information content (AvgIpc) is 3.15. The standard InChI is InChI=1S/C16H21N3O2/c20-15-8-12(11-19(15)14-5-1-2-6-14)9-18-16(21)13-4-3-7-17-10-13/h3-4,7,10,12,14H,1-2,5-6,8-9,11H2,(H,18,21). The molecule has 1 aromatic heterocycles. The Morgan fingerprint density at radius 3 is 2.90 bits per heavy atom. The van der Waals surface area contributed by atoms with Crippen LogP contribution in [0.4, 0.5) is 0 Å². The molecule has 0 spiro atoms. The van der Waals surface area contributed by atoms with Crippen LogP contribution in [0.5, 0.6) is 0 Å². The van der Waals surface area contributed by atoms with E-state index in [1.807, 2.05) is 4.90 Å². The average molecular weight is 287 g/mol. The molecular weight excluding hydrogens is 266 g/mol. The van der Waals surface area contributed by atoms with Crippen molar-refractivity contribution >= 4 is 11.8 Å². The quantitative estimate of drug-likeness (QED) is 0.915. The second-order valence-corrected chi connectivity index (χ2v) is 6.01. The highest BCUT2D eigenvalue weighted by molar-refractivity contribution is 5.93. The number of nitrogens with zero attached hydrogens (tertiary/aromatic N) is 2. The number of aromatic nitrogens is 1. The van der Waals surface area contributed by atoms with Crippen LogP contribution < -0.4 is 5.32 Å². The van der Waals surface area contributed by atoms with E-state index in [9.17, 15) is 9.59 Å². The molecule has 1 saturated carbocycles. The Morgan fingerprint density at radius 1 is 1.38 bits per heavy atom. The van der Waals surface area contributed by atoms with Crippen LogP contribution in [0.15, 0.2) is 24.5 Å². The van der Waals surface area contributed by atoms with Crippen LogP contribution in [0.25, 0.3) is 0 Å². The maximum absolute atomic E-state index is 12.1. The van der Waals surface area contributed by atoms with E-state index >= 15 is 0 Å². The Hall–Kier alpha value is -1.91. The number of rotatable bonds is 4. The minimum Gasteiger partial charge on any atom is -0.352 e. The zero-order valence-corrected chi connectivity index (χ0v) is 12.1. The van der Waals surface area contributed by atoms with E-state index in [4.69, 9.17) is 0 Å². The zero-order chi connectivity index (χ0) is 14.7. The third-order valence-corrected chi connectivity index (χ3v) is 4.48. The van der Waals surface area contributed by atoms with E-state index in [0.717, 1.165) is 19.4 Å². The first-order chi connectivity index (χ1) is 10.2. The maximum Gasteiger partial charge on any atom is 0.252 e. The van der Waals surface area contributed by atoms with Crippen LogP contribution in [0.1, 0.15) is 42.5 Å². The minimum atomic E-state index is -0.116. The predicted molar refractivity (Wildman–Crippen MR) is 78.6 cm³/mol. The molecule has 1 N–H and O–H groups in total. The number of amides is 2. The Morgan fingerprint density at radius 2 is 2.19 bits per heavy atom. The van der Waals surface area contributed by atoms with Gasteiger partial charge in [-0.15, -0.1) is 0 Å². The summed E-state index contributed by atoms with van der Waals surface area (Å²) in [7, 11) is 0. The minimum absolute atomic E-state index is 0.116. The van der Waals surface area contributed by atoms with Gasteiger partial charge in [-0.25, -0.2) is 0 Å². The molecule has 21 heavy (non-hydrogen) atoms. The van der Waals surface area contributed by atoms with E-state index in [0.29, 0.717) is 24.6 Å². The van der Waals surface area contributed by atoms with Crippen LogP contribution in [0.2, 0.25) is 0 Å². The summed E-state index contributed by atoms with van der Waals surface area (Å²) < 4.78 is 0. The highest BCUT2D eigenvalue weighted by Gasteiger charge is 2.35. The maximum atomic E-state index is 12.1. The normalized spacial score (nSPS) is 22.8. The fraction of sp³-hybridized carbons (Fsp3) is 0.562. The van der Waals surface area contributed by atoms with Gasteiger partial charge in [0.15, 0.2) is 0 Å². The number of hydrogen-bond acceptors (Lipinski definition) is 3. The van der Waals surface area contributed by atoms with E-state index in [1.165, 1.54) is 12.8 Å². The van der Waals surface area contributed by atoms with E-state index < -0.39 is 0 Å². The van der Waals surface area contributed by atoms with Crippen molar-refractivity contribution in [3.8, 4) is 0 Å². The number of likely N-dealkylation sites (tertiary alicyclic amines) is 1. The molecule has 5 heteroatoms. The summed E-state index contributed by atoms with van der Waals surface area (Å²) in [6, 6.07) is 3.93. The molecule has 0 bridgehead atoms. The summed E-state index contributed by atoms with van der Waals surface area (Å²) in [4.78, 5) is 30.0. The predicted octanol–water partition coefficient (Wildman–Crippen LogP) is 1.60. The van der Waals surface area contributed by atoms with Crippen molar-refractivity contribution < 1.29 is 9.59 Å². The molecule has 3 rings (SSSR count). The molecule has 2 fully saturated rings. The third-order valence-electron chi connectivity index (χ3n) is 4.48. The van der Waals surface area contributed by atoms with E-state index in [-0.39, 0.29) is 17.7 Å². The first-order valence-electron chi connectivity index (χ1n) is 7.72. The molecule has 1 saturated heterocycles. The summed E-state index contributed by atoms with van der Waals surface area (Å²) in [5.41, 5.74) is 0.564. The molecule has 1 aliphatic heterocycles. The topological polar surface area (TPSA) is 62.3 Å². The van der Waals surface area contributed by atoms with Crippen molar-refractivity contribution in [3.05, 3.63) is 30.1 Å². The Bertz CT molecular complexity index is 512. The highest BCUT2D eigenvalue weighted by atomic mass is 16.2. The molecule has 1 aliphatic carbocycles. The second-order valence-electron chi connectivity index (χ2n) is 6.01. The highest BCUT2D eigenvalue weighted by Crippen LogP contribution is 2.29. The smallest absolute Gasteiger partial charge is 0.252 e. The van der Waals surface area contributed by atoms with Gasteiger partial charge in [0.25, 0.3) is 5.91 Å². The lowest BCUT2D eigenvalue weighted by atomic mass is 10.1. The van der Waals surface area contributed by atoms with Crippen molar-refractivity contribution in [2.24, 2.45) is 5.92 Å². The van der Waals surface area contributed by atoms with Crippen molar-refractivity contribution in [2.75, 3.05) is 13.1 Å². The first kappa shape index (κ1) is 14.0. The van der Waals surface area contributed by atoms with Crippen molar-refractivity contribution in [1.29, 1.82) is 0 Å². The second kappa shape index (κ2) is 6.24. The SMILES string of the molecule is O=C(NCC1CC(=O)N(C2CCCC2)C1)c1cccnc1. The zero-order valence-electron chi connectivity index (χ0n) is 12.1. The van der Waals surface area contributed by atoms with Crippen molar-refractivity contribution in [2.45, 2.75) is 38.1 Å². The van der Waals surface area contributed by atoms with Gasteiger partial charge in [0.1, 0.15) is 0 Å². The monoisotopic (exact) mass is 287 g/mol. The number of carbonyl (C=O) groups is 2. The molecule has 112 valence electrons. The largest absolute Gasteiger partial charge is 0.352 e. The molecule has 0 aromatic carbocycles. The van der Waals surface area contributed by atoms with Crippen molar-refractivity contribution in [3.63, 3.8) is 0 Å². The molecular formula is C16H21N3O2. The Kier molecular flexibility index (Phi) is 4.18. The molecule has 1 unspecified atom stereocenters. The Labute approximate surface area is 124 Å². The molecule has 2 aliphatic rings.